The molecule has 0 spiro atoms. The Kier molecular flexibility index (Phi) is 6.29. The number of carboxylic acid groups (broad SMARTS) is 1. The Labute approximate surface area is 115 Å². The van der Waals surface area contributed by atoms with E-state index in [0.29, 0.717) is 11.3 Å². The predicted octanol–water partition coefficient (Wildman–Crippen LogP) is 3.28. The SMILES string of the molecule is CSSCC(CC(=O)c1ccc(C)cc1)C(=O)O. The molecular formula is C13H16O3S2. The number of aliphatic carboxylic acids is 1. The van der Waals surface area contributed by atoms with Gasteiger partial charge in [-0.05, 0) is 13.2 Å². The lowest BCUT2D eigenvalue weighted by atomic mass is 9.99. The maximum Gasteiger partial charge on any atom is 0.307 e. The number of rotatable bonds is 7. The number of carbonyl (C=O) groups excluding carboxylic acids is 1. The van der Waals surface area contributed by atoms with Crippen LogP contribution in [0.4, 0.5) is 0 Å². The van der Waals surface area contributed by atoms with Crippen molar-refractivity contribution in [1.82, 2.24) is 0 Å². The van der Waals surface area contributed by atoms with Crippen LogP contribution in [-0.2, 0) is 4.79 Å². The molecule has 0 aliphatic heterocycles. The van der Waals surface area contributed by atoms with Crippen LogP contribution in [0.25, 0.3) is 0 Å². The first-order chi connectivity index (χ1) is 8.54. The van der Waals surface area contributed by atoms with E-state index in [1.54, 1.807) is 12.1 Å². The Morgan fingerprint density at radius 1 is 1.28 bits per heavy atom. The molecule has 1 rings (SSSR count). The molecule has 3 nitrogen and oxygen atoms in total. The summed E-state index contributed by atoms with van der Waals surface area (Å²) in [6, 6.07) is 7.22. The second-order valence-electron chi connectivity index (χ2n) is 3.98. The van der Waals surface area contributed by atoms with Gasteiger partial charge in [-0.25, -0.2) is 0 Å². The molecule has 0 aliphatic rings. The summed E-state index contributed by atoms with van der Waals surface area (Å²) < 4.78 is 0. The van der Waals surface area contributed by atoms with Crippen molar-refractivity contribution in [2.24, 2.45) is 5.92 Å². The maximum absolute atomic E-state index is 12.0. The summed E-state index contributed by atoms with van der Waals surface area (Å²) in [6.07, 6.45) is 1.96. The van der Waals surface area contributed by atoms with Gasteiger partial charge >= 0.3 is 5.97 Å². The molecule has 0 saturated carbocycles. The van der Waals surface area contributed by atoms with Crippen LogP contribution in [0.3, 0.4) is 0 Å². The van der Waals surface area contributed by atoms with Crippen LogP contribution in [0.1, 0.15) is 22.3 Å². The van der Waals surface area contributed by atoms with Gasteiger partial charge in [0, 0.05) is 17.7 Å². The van der Waals surface area contributed by atoms with E-state index < -0.39 is 11.9 Å². The lowest BCUT2D eigenvalue weighted by molar-refractivity contribution is -0.140. The smallest absolute Gasteiger partial charge is 0.307 e. The quantitative estimate of drug-likeness (QED) is 0.615. The van der Waals surface area contributed by atoms with Crippen molar-refractivity contribution in [2.45, 2.75) is 13.3 Å². The molecule has 0 aromatic heterocycles. The van der Waals surface area contributed by atoms with Crippen LogP contribution < -0.4 is 0 Å². The Morgan fingerprint density at radius 3 is 2.39 bits per heavy atom. The normalized spacial score (nSPS) is 12.1. The van der Waals surface area contributed by atoms with E-state index in [9.17, 15) is 9.59 Å². The summed E-state index contributed by atoms with van der Waals surface area (Å²) in [7, 11) is 2.98. The summed E-state index contributed by atoms with van der Waals surface area (Å²) in [4.78, 5) is 23.0. The van der Waals surface area contributed by atoms with Crippen molar-refractivity contribution in [3.8, 4) is 0 Å². The number of hydrogen-bond acceptors (Lipinski definition) is 4. The molecule has 18 heavy (non-hydrogen) atoms. The third-order valence-electron chi connectivity index (χ3n) is 2.54. The predicted molar refractivity (Wildman–Crippen MR) is 77.2 cm³/mol. The number of benzene rings is 1. The lowest BCUT2D eigenvalue weighted by Gasteiger charge is -2.10. The van der Waals surface area contributed by atoms with Gasteiger partial charge in [0.15, 0.2) is 5.78 Å². The van der Waals surface area contributed by atoms with E-state index in [1.807, 2.05) is 25.3 Å². The molecule has 1 N–H and O–H groups in total. The lowest BCUT2D eigenvalue weighted by Crippen LogP contribution is -2.20. The molecule has 0 saturated heterocycles. The highest BCUT2D eigenvalue weighted by Gasteiger charge is 2.21. The number of carboxylic acids is 1. The van der Waals surface area contributed by atoms with Crippen LogP contribution in [0, 0.1) is 12.8 Å². The van der Waals surface area contributed by atoms with Gasteiger partial charge in [-0.15, -0.1) is 0 Å². The fraction of sp³-hybridized carbons (Fsp3) is 0.385. The molecule has 0 bridgehead atoms. The second kappa shape index (κ2) is 7.48. The molecule has 0 radical (unpaired) electrons. The Morgan fingerprint density at radius 2 is 1.89 bits per heavy atom. The number of aryl methyl sites for hydroxylation is 1. The highest BCUT2D eigenvalue weighted by atomic mass is 33.1. The Balaban J connectivity index is 2.66. The Bertz CT molecular complexity index is 415. The summed E-state index contributed by atoms with van der Waals surface area (Å²) in [5.74, 6) is -1.17. The van der Waals surface area contributed by atoms with Crippen LogP contribution >= 0.6 is 21.6 Å². The summed E-state index contributed by atoms with van der Waals surface area (Å²) in [5.41, 5.74) is 1.67. The zero-order valence-electron chi connectivity index (χ0n) is 10.4. The largest absolute Gasteiger partial charge is 0.481 e. The minimum Gasteiger partial charge on any atom is -0.481 e. The molecule has 1 aromatic rings. The molecule has 1 aromatic carbocycles. The van der Waals surface area contributed by atoms with Gasteiger partial charge in [0.05, 0.1) is 5.92 Å². The molecular weight excluding hydrogens is 268 g/mol. The molecule has 1 atom stereocenters. The first kappa shape index (κ1) is 15.1. The third-order valence-corrected chi connectivity index (χ3v) is 4.43. The van der Waals surface area contributed by atoms with Gasteiger partial charge in [0.2, 0.25) is 0 Å². The van der Waals surface area contributed by atoms with Gasteiger partial charge in [-0.1, -0.05) is 51.4 Å². The van der Waals surface area contributed by atoms with Gasteiger partial charge in [0.25, 0.3) is 0 Å². The number of Topliss-reactive ketones (excluding diaryl/α,β-unsaturated/α-hetero) is 1. The van der Waals surface area contributed by atoms with Crippen LogP contribution in [0.15, 0.2) is 24.3 Å². The van der Waals surface area contributed by atoms with Crippen LogP contribution in [0.2, 0.25) is 0 Å². The molecule has 0 amide bonds. The number of ketones is 1. The molecule has 98 valence electrons. The van der Waals surface area contributed by atoms with E-state index in [0.717, 1.165) is 5.56 Å². The van der Waals surface area contributed by atoms with Gasteiger partial charge in [-0.2, -0.15) is 0 Å². The van der Waals surface area contributed by atoms with Crippen molar-refractivity contribution in [3.05, 3.63) is 35.4 Å². The average molecular weight is 284 g/mol. The van der Waals surface area contributed by atoms with Gasteiger partial charge in [-0.3, -0.25) is 9.59 Å². The van der Waals surface area contributed by atoms with Gasteiger partial charge in [0.1, 0.15) is 0 Å². The van der Waals surface area contributed by atoms with E-state index in [-0.39, 0.29) is 12.2 Å². The molecule has 0 heterocycles. The monoisotopic (exact) mass is 284 g/mol. The zero-order chi connectivity index (χ0) is 13.5. The summed E-state index contributed by atoms with van der Waals surface area (Å²) in [5, 5.41) is 9.06. The Hall–Kier alpha value is -0.940. The van der Waals surface area contributed by atoms with Crippen molar-refractivity contribution in [2.75, 3.05) is 12.0 Å². The van der Waals surface area contributed by atoms with Crippen molar-refractivity contribution < 1.29 is 14.7 Å². The van der Waals surface area contributed by atoms with Crippen LogP contribution in [-0.4, -0.2) is 28.9 Å². The minimum absolute atomic E-state index is 0.0615. The van der Waals surface area contributed by atoms with E-state index >= 15 is 0 Å². The first-order valence-corrected chi connectivity index (χ1v) is 8.25. The second-order valence-corrected chi connectivity index (χ2v) is 6.59. The highest BCUT2D eigenvalue weighted by Crippen LogP contribution is 2.23. The standard InChI is InChI=1S/C13H16O3S2/c1-9-3-5-10(6-4-9)12(14)7-11(13(15)16)8-18-17-2/h3-6,11H,7-8H2,1-2H3,(H,15,16). The average Bonchev–Trinajstić information content (AvgIpc) is 2.34. The van der Waals surface area contributed by atoms with E-state index in [2.05, 4.69) is 0 Å². The van der Waals surface area contributed by atoms with E-state index in [4.69, 9.17) is 5.11 Å². The van der Waals surface area contributed by atoms with Crippen molar-refractivity contribution in [3.63, 3.8) is 0 Å². The molecule has 1 unspecified atom stereocenters. The highest BCUT2D eigenvalue weighted by molar-refractivity contribution is 8.76. The topological polar surface area (TPSA) is 54.4 Å². The maximum atomic E-state index is 12.0. The van der Waals surface area contributed by atoms with Gasteiger partial charge < -0.3 is 5.11 Å². The minimum atomic E-state index is -0.906. The fourth-order valence-corrected chi connectivity index (χ4v) is 2.91. The van der Waals surface area contributed by atoms with Crippen molar-refractivity contribution >= 4 is 33.3 Å². The number of hydrogen-bond donors (Lipinski definition) is 1. The zero-order valence-corrected chi connectivity index (χ0v) is 12.0. The summed E-state index contributed by atoms with van der Waals surface area (Å²) in [6.45, 7) is 1.95. The van der Waals surface area contributed by atoms with Crippen LogP contribution in [0.5, 0.6) is 0 Å². The number of carbonyl (C=O) groups is 2. The summed E-state index contributed by atoms with van der Waals surface area (Å²) >= 11 is 0. The van der Waals surface area contributed by atoms with Crippen molar-refractivity contribution in [1.29, 1.82) is 0 Å². The molecule has 5 heteroatoms. The molecule has 0 fully saturated rings. The fourth-order valence-electron chi connectivity index (χ4n) is 1.45. The first-order valence-electron chi connectivity index (χ1n) is 5.53. The van der Waals surface area contributed by atoms with E-state index in [1.165, 1.54) is 21.6 Å². The third kappa shape index (κ3) is 4.74. The molecule has 0 aliphatic carbocycles.